The van der Waals surface area contributed by atoms with Crippen molar-refractivity contribution < 1.29 is 14.4 Å². The van der Waals surface area contributed by atoms with Crippen molar-refractivity contribution in [1.29, 1.82) is 0 Å². The van der Waals surface area contributed by atoms with Gasteiger partial charge in [0.15, 0.2) is 0 Å². The van der Waals surface area contributed by atoms with Gasteiger partial charge in [0.1, 0.15) is 5.41 Å². The minimum absolute atomic E-state index is 0.196. The maximum Gasteiger partial charge on any atom is 0.251 e. The molecule has 158 valence electrons. The maximum atomic E-state index is 13.0. The van der Waals surface area contributed by atoms with E-state index in [2.05, 4.69) is 10.6 Å². The number of aryl methyl sites for hydroxylation is 2. The van der Waals surface area contributed by atoms with Crippen LogP contribution in [0.1, 0.15) is 56.3 Å². The van der Waals surface area contributed by atoms with E-state index in [1.54, 1.807) is 26.2 Å². The summed E-state index contributed by atoms with van der Waals surface area (Å²) in [6.45, 7) is 1.84. The SMILES string of the molecule is CNC(=O)c1ccc2c(c1)CCc1cc(C(=O)NC)ccc1C2(C[C@@H](C)N)C(N)=O. The van der Waals surface area contributed by atoms with Crippen molar-refractivity contribution >= 4 is 17.7 Å². The lowest BCUT2D eigenvalue weighted by Gasteiger charge is -2.35. The van der Waals surface area contributed by atoms with Crippen LogP contribution in [0.3, 0.4) is 0 Å². The van der Waals surface area contributed by atoms with Crippen LogP contribution >= 0.6 is 0 Å². The third-order valence-electron chi connectivity index (χ3n) is 5.82. The number of nitrogens with one attached hydrogen (secondary N) is 2. The van der Waals surface area contributed by atoms with Crippen molar-refractivity contribution in [2.45, 2.75) is 37.6 Å². The lowest BCUT2D eigenvalue weighted by atomic mass is 9.68. The number of benzene rings is 2. The van der Waals surface area contributed by atoms with E-state index in [1.165, 1.54) is 0 Å². The zero-order valence-electron chi connectivity index (χ0n) is 17.5. The Bertz CT molecular complexity index is 946. The molecular weight excluding hydrogens is 380 g/mol. The Morgan fingerprint density at radius 3 is 1.70 bits per heavy atom. The Morgan fingerprint density at radius 1 is 0.933 bits per heavy atom. The number of rotatable bonds is 5. The van der Waals surface area contributed by atoms with E-state index in [0.717, 1.165) is 22.3 Å². The molecule has 0 radical (unpaired) electrons. The fraction of sp³-hybridized carbons (Fsp3) is 0.348. The van der Waals surface area contributed by atoms with Gasteiger partial charge in [-0.2, -0.15) is 0 Å². The molecular formula is C23H28N4O3. The first kappa shape index (κ1) is 21.5. The van der Waals surface area contributed by atoms with Crippen LogP contribution in [0.2, 0.25) is 0 Å². The molecule has 2 aromatic carbocycles. The van der Waals surface area contributed by atoms with Gasteiger partial charge in [0.05, 0.1) is 0 Å². The Labute approximate surface area is 176 Å². The molecule has 0 saturated carbocycles. The molecule has 0 heterocycles. The molecule has 1 aliphatic rings. The number of hydrogen-bond donors (Lipinski definition) is 4. The molecule has 30 heavy (non-hydrogen) atoms. The molecule has 0 spiro atoms. The summed E-state index contributed by atoms with van der Waals surface area (Å²) in [6, 6.07) is 10.4. The second-order valence-electron chi connectivity index (χ2n) is 7.85. The average Bonchev–Trinajstić information content (AvgIpc) is 2.87. The summed E-state index contributed by atoms with van der Waals surface area (Å²) in [6.07, 6.45) is 1.54. The summed E-state index contributed by atoms with van der Waals surface area (Å²) in [5.74, 6) is -0.888. The standard InChI is InChI=1S/C23H28N4O3/c1-13(24)12-23(22(25)30)18-8-6-16(20(28)26-2)10-14(18)4-5-15-11-17(21(29)27-3)7-9-19(15)23/h6-11,13H,4-5,12,24H2,1-3H3,(H2,25,30)(H,26,28)(H,27,29)/t13-/m1/s1. The van der Waals surface area contributed by atoms with Crippen LogP contribution in [0.25, 0.3) is 0 Å². The summed E-state index contributed by atoms with van der Waals surface area (Å²) in [7, 11) is 3.15. The first-order chi connectivity index (χ1) is 14.2. The van der Waals surface area contributed by atoms with Gasteiger partial charge in [0.2, 0.25) is 5.91 Å². The van der Waals surface area contributed by atoms with Crippen LogP contribution in [0.4, 0.5) is 0 Å². The fourth-order valence-electron chi connectivity index (χ4n) is 4.49. The highest BCUT2D eigenvalue weighted by Gasteiger charge is 2.45. The second kappa shape index (κ2) is 8.28. The molecule has 0 unspecified atom stereocenters. The molecule has 0 aromatic heterocycles. The summed E-state index contributed by atoms with van der Waals surface area (Å²) >= 11 is 0. The zero-order valence-corrected chi connectivity index (χ0v) is 17.5. The van der Waals surface area contributed by atoms with Crippen molar-refractivity contribution in [2.24, 2.45) is 11.5 Å². The lowest BCUT2D eigenvalue weighted by molar-refractivity contribution is -0.122. The Kier molecular flexibility index (Phi) is 5.94. The fourth-order valence-corrected chi connectivity index (χ4v) is 4.49. The molecule has 0 fully saturated rings. The van der Waals surface area contributed by atoms with Crippen molar-refractivity contribution in [3.8, 4) is 0 Å². The van der Waals surface area contributed by atoms with E-state index >= 15 is 0 Å². The normalized spacial score (nSPS) is 15.2. The highest BCUT2D eigenvalue weighted by Crippen LogP contribution is 2.43. The van der Waals surface area contributed by atoms with E-state index in [0.29, 0.717) is 30.4 Å². The van der Waals surface area contributed by atoms with E-state index < -0.39 is 11.3 Å². The van der Waals surface area contributed by atoms with E-state index in [9.17, 15) is 14.4 Å². The zero-order chi connectivity index (χ0) is 22.1. The van der Waals surface area contributed by atoms with Gasteiger partial charge >= 0.3 is 0 Å². The number of carbonyl (C=O) groups is 3. The van der Waals surface area contributed by atoms with Gasteiger partial charge < -0.3 is 22.1 Å². The molecule has 6 N–H and O–H groups in total. The third kappa shape index (κ3) is 3.57. The topological polar surface area (TPSA) is 127 Å². The highest BCUT2D eigenvalue weighted by molar-refractivity contribution is 5.97. The summed E-state index contributed by atoms with van der Waals surface area (Å²) in [5, 5.41) is 5.26. The quantitative estimate of drug-likeness (QED) is 0.589. The van der Waals surface area contributed by atoms with Crippen molar-refractivity contribution in [3.63, 3.8) is 0 Å². The Hall–Kier alpha value is -3.19. The molecule has 1 atom stereocenters. The largest absolute Gasteiger partial charge is 0.369 e. The predicted molar refractivity (Wildman–Crippen MR) is 115 cm³/mol. The molecule has 7 nitrogen and oxygen atoms in total. The van der Waals surface area contributed by atoms with Crippen LogP contribution < -0.4 is 22.1 Å². The number of primary amides is 1. The maximum absolute atomic E-state index is 13.0. The molecule has 0 aliphatic heterocycles. The molecule has 7 heteroatoms. The molecule has 0 bridgehead atoms. The van der Waals surface area contributed by atoms with Gasteiger partial charge in [0, 0.05) is 31.3 Å². The third-order valence-corrected chi connectivity index (χ3v) is 5.82. The first-order valence-electron chi connectivity index (χ1n) is 10.0. The monoisotopic (exact) mass is 408 g/mol. The van der Waals surface area contributed by atoms with Gasteiger partial charge in [-0.05, 0) is 72.7 Å². The van der Waals surface area contributed by atoms with Crippen molar-refractivity contribution in [2.75, 3.05) is 14.1 Å². The first-order valence-corrected chi connectivity index (χ1v) is 10.0. The van der Waals surface area contributed by atoms with Crippen molar-refractivity contribution in [3.05, 3.63) is 69.8 Å². The lowest BCUT2D eigenvalue weighted by Crippen LogP contribution is -2.46. The van der Waals surface area contributed by atoms with Crippen LogP contribution in [0.15, 0.2) is 36.4 Å². The molecule has 2 aromatic rings. The van der Waals surface area contributed by atoms with Gasteiger partial charge in [-0.15, -0.1) is 0 Å². The summed E-state index contributed by atoms with van der Waals surface area (Å²) in [5.41, 5.74) is 15.4. The van der Waals surface area contributed by atoms with Crippen LogP contribution in [0.5, 0.6) is 0 Å². The van der Waals surface area contributed by atoms with E-state index in [-0.39, 0.29) is 17.9 Å². The van der Waals surface area contributed by atoms with E-state index in [1.807, 2.05) is 31.2 Å². The summed E-state index contributed by atoms with van der Waals surface area (Å²) in [4.78, 5) is 37.4. The van der Waals surface area contributed by atoms with Gasteiger partial charge in [-0.25, -0.2) is 0 Å². The van der Waals surface area contributed by atoms with Gasteiger partial charge in [0.25, 0.3) is 11.8 Å². The predicted octanol–water partition coefficient (Wildman–Crippen LogP) is 1.01. The smallest absolute Gasteiger partial charge is 0.251 e. The Balaban J connectivity index is 2.30. The van der Waals surface area contributed by atoms with Gasteiger partial charge in [-0.3, -0.25) is 14.4 Å². The molecule has 0 saturated heterocycles. The molecule has 3 amide bonds. The van der Waals surface area contributed by atoms with Crippen LogP contribution in [-0.4, -0.2) is 37.9 Å². The molecule has 1 aliphatic carbocycles. The minimum atomic E-state index is -1.14. The minimum Gasteiger partial charge on any atom is -0.369 e. The number of fused-ring (bicyclic) bond motifs is 2. The summed E-state index contributed by atoms with van der Waals surface area (Å²) < 4.78 is 0. The number of amides is 3. The molecule has 3 rings (SSSR count). The number of nitrogens with two attached hydrogens (primary N) is 2. The number of carbonyl (C=O) groups excluding carboxylic acids is 3. The van der Waals surface area contributed by atoms with E-state index in [4.69, 9.17) is 11.5 Å². The van der Waals surface area contributed by atoms with Crippen LogP contribution in [-0.2, 0) is 23.1 Å². The highest BCUT2D eigenvalue weighted by atomic mass is 16.2. The van der Waals surface area contributed by atoms with Crippen LogP contribution in [0, 0.1) is 0 Å². The Morgan fingerprint density at radius 2 is 1.37 bits per heavy atom. The van der Waals surface area contributed by atoms with Crippen molar-refractivity contribution in [1.82, 2.24) is 10.6 Å². The number of hydrogen-bond acceptors (Lipinski definition) is 4. The van der Waals surface area contributed by atoms with Gasteiger partial charge in [-0.1, -0.05) is 12.1 Å². The average molecular weight is 409 g/mol. The second-order valence-corrected chi connectivity index (χ2v) is 7.85.